The van der Waals surface area contributed by atoms with E-state index < -0.39 is 0 Å². The largest absolute Gasteiger partial charge is 0.343 e. The standard InChI is InChI=1S/C27H55NO/c1-4-7-9-11-13-15-17-19-21-23-25-28(27(29)6-3)26-24-22-20-18-16-14-12-10-8-5-2/h4-26H2,1-3H3. The molecule has 2 nitrogen and oxygen atoms in total. The highest BCUT2D eigenvalue weighted by Gasteiger charge is 2.10. The molecule has 0 spiro atoms. The molecule has 0 aliphatic heterocycles. The lowest BCUT2D eigenvalue weighted by atomic mass is 10.1. The van der Waals surface area contributed by atoms with E-state index in [-0.39, 0.29) is 0 Å². The molecule has 29 heavy (non-hydrogen) atoms. The Labute approximate surface area is 184 Å². The predicted octanol–water partition coefficient (Wildman–Crippen LogP) is 9.07. The highest BCUT2D eigenvalue weighted by atomic mass is 16.2. The van der Waals surface area contributed by atoms with Crippen LogP contribution in [0.5, 0.6) is 0 Å². The molecule has 2 heteroatoms. The van der Waals surface area contributed by atoms with Crippen molar-refractivity contribution in [2.45, 2.75) is 156 Å². The summed E-state index contributed by atoms with van der Waals surface area (Å²) in [6.45, 7) is 8.54. The van der Waals surface area contributed by atoms with Crippen molar-refractivity contribution >= 4 is 5.91 Å². The second kappa shape index (κ2) is 23.7. The number of amides is 1. The lowest BCUT2D eigenvalue weighted by Crippen LogP contribution is -2.32. The minimum atomic E-state index is 0.358. The van der Waals surface area contributed by atoms with Crippen LogP contribution in [0.2, 0.25) is 0 Å². The van der Waals surface area contributed by atoms with Crippen molar-refractivity contribution in [3.05, 3.63) is 0 Å². The number of hydrogen-bond acceptors (Lipinski definition) is 1. The van der Waals surface area contributed by atoms with Gasteiger partial charge >= 0.3 is 0 Å². The van der Waals surface area contributed by atoms with E-state index >= 15 is 0 Å². The first kappa shape index (κ1) is 28.5. The molecule has 0 saturated carbocycles. The number of carbonyl (C=O) groups excluding carboxylic acids is 1. The van der Waals surface area contributed by atoms with Gasteiger partial charge in [0.1, 0.15) is 0 Å². The van der Waals surface area contributed by atoms with Gasteiger partial charge in [0.05, 0.1) is 0 Å². The molecule has 0 unspecified atom stereocenters. The van der Waals surface area contributed by atoms with Gasteiger partial charge < -0.3 is 4.90 Å². The SMILES string of the molecule is CCCCCCCCCCCCN(CCCCCCCCCCCC)C(=O)CC. The highest BCUT2D eigenvalue weighted by Crippen LogP contribution is 2.13. The van der Waals surface area contributed by atoms with Gasteiger partial charge in [0.15, 0.2) is 0 Å². The number of nitrogens with zero attached hydrogens (tertiary/aromatic N) is 1. The van der Waals surface area contributed by atoms with Gasteiger partial charge in [-0.2, -0.15) is 0 Å². The molecule has 0 aliphatic rings. The summed E-state index contributed by atoms with van der Waals surface area (Å²) in [7, 11) is 0. The molecular formula is C27H55NO. The number of hydrogen-bond donors (Lipinski definition) is 0. The van der Waals surface area contributed by atoms with Crippen molar-refractivity contribution < 1.29 is 4.79 Å². The fraction of sp³-hybridized carbons (Fsp3) is 0.963. The zero-order valence-corrected chi connectivity index (χ0v) is 20.6. The Morgan fingerprint density at radius 3 is 1.00 bits per heavy atom. The van der Waals surface area contributed by atoms with E-state index in [2.05, 4.69) is 18.7 Å². The van der Waals surface area contributed by atoms with Crippen molar-refractivity contribution in [3.8, 4) is 0 Å². The maximum absolute atomic E-state index is 12.2. The third kappa shape index (κ3) is 20.5. The van der Waals surface area contributed by atoms with E-state index in [4.69, 9.17) is 0 Å². The van der Waals surface area contributed by atoms with Crippen molar-refractivity contribution in [2.75, 3.05) is 13.1 Å². The molecule has 0 N–H and O–H groups in total. The van der Waals surface area contributed by atoms with Gasteiger partial charge in [0, 0.05) is 19.5 Å². The van der Waals surface area contributed by atoms with Crippen LogP contribution in [-0.4, -0.2) is 23.9 Å². The molecule has 1 amide bonds. The molecule has 0 aliphatic carbocycles. The van der Waals surface area contributed by atoms with E-state index in [9.17, 15) is 4.79 Å². The normalized spacial score (nSPS) is 11.1. The molecule has 0 fully saturated rings. The maximum Gasteiger partial charge on any atom is 0.222 e. The van der Waals surface area contributed by atoms with Crippen molar-refractivity contribution in [1.82, 2.24) is 4.90 Å². The molecule has 0 aromatic heterocycles. The second-order valence-corrected chi connectivity index (χ2v) is 9.10. The number of rotatable bonds is 23. The average Bonchev–Trinajstić information content (AvgIpc) is 2.74. The Morgan fingerprint density at radius 1 is 0.448 bits per heavy atom. The van der Waals surface area contributed by atoms with Gasteiger partial charge in [0.2, 0.25) is 5.91 Å². The number of unbranched alkanes of at least 4 members (excludes halogenated alkanes) is 18. The van der Waals surface area contributed by atoms with Crippen LogP contribution in [0.25, 0.3) is 0 Å². The van der Waals surface area contributed by atoms with E-state index in [0.29, 0.717) is 12.3 Å². The van der Waals surface area contributed by atoms with Crippen LogP contribution in [0.1, 0.15) is 156 Å². The zero-order valence-electron chi connectivity index (χ0n) is 20.6. The Morgan fingerprint density at radius 2 is 0.724 bits per heavy atom. The zero-order chi connectivity index (χ0) is 21.4. The molecule has 0 rings (SSSR count). The van der Waals surface area contributed by atoms with Crippen LogP contribution >= 0.6 is 0 Å². The van der Waals surface area contributed by atoms with E-state index in [0.717, 1.165) is 13.1 Å². The quantitative estimate of drug-likeness (QED) is 0.154. The molecule has 0 bridgehead atoms. The second-order valence-electron chi connectivity index (χ2n) is 9.10. The van der Waals surface area contributed by atoms with Crippen molar-refractivity contribution in [1.29, 1.82) is 0 Å². The third-order valence-corrected chi connectivity index (χ3v) is 6.22. The van der Waals surface area contributed by atoms with Gasteiger partial charge in [-0.3, -0.25) is 4.79 Å². The highest BCUT2D eigenvalue weighted by molar-refractivity contribution is 5.75. The van der Waals surface area contributed by atoms with Crippen molar-refractivity contribution in [2.24, 2.45) is 0 Å². The summed E-state index contributed by atoms with van der Waals surface area (Å²) in [6, 6.07) is 0. The van der Waals surface area contributed by atoms with Gasteiger partial charge in [-0.25, -0.2) is 0 Å². The molecule has 0 atom stereocenters. The Kier molecular flexibility index (Phi) is 23.3. The molecule has 0 radical (unpaired) electrons. The molecule has 0 aromatic carbocycles. The Bertz CT molecular complexity index is 304. The fourth-order valence-corrected chi connectivity index (χ4v) is 4.17. The van der Waals surface area contributed by atoms with Gasteiger partial charge in [-0.05, 0) is 12.8 Å². The summed E-state index contributed by atoms with van der Waals surface area (Å²) >= 11 is 0. The molecule has 0 aromatic rings. The first-order valence-corrected chi connectivity index (χ1v) is 13.5. The summed E-state index contributed by atoms with van der Waals surface area (Å²) in [5.41, 5.74) is 0. The number of carbonyl (C=O) groups is 1. The van der Waals surface area contributed by atoms with Crippen molar-refractivity contribution in [3.63, 3.8) is 0 Å². The monoisotopic (exact) mass is 409 g/mol. The minimum absolute atomic E-state index is 0.358. The minimum Gasteiger partial charge on any atom is -0.343 e. The topological polar surface area (TPSA) is 20.3 Å². The Hall–Kier alpha value is -0.530. The van der Waals surface area contributed by atoms with Crippen LogP contribution in [0, 0.1) is 0 Å². The summed E-state index contributed by atoms with van der Waals surface area (Å²) in [6.07, 6.45) is 27.9. The van der Waals surface area contributed by atoms with E-state index in [1.807, 2.05) is 6.92 Å². The lowest BCUT2D eigenvalue weighted by molar-refractivity contribution is -0.131. The summed E-state index contributed by atoms with van der Waals surface area (Å²) in [4.78, 5) is 14.4. The molecule has 0 heterocycles. The summed E-state index contributed by atoms with van der Waals surface area (Å²) in [5, 5.41) is 0. The van der Waals surface area contributed by atoms with Crippen LogP contribution in [0.3, 0.4) is 0 Å². The smallest absolute Gasteiger partial charge is 0.222 e. The summed E-state index contributed by atoms with van der Waals surface area (Å²) in [5.74, 6) is 0.358. The summed E-state index contributed by atoms with van der Waals surface area (Å²) < 4.78 is 0. The molecular weight excluding hydrogens is 354 g/mol. The fourth-order valence-electron chi connectivity index (χ4n) is 4.17. The molecule has 0 saturated heterocycles. The predicted molar refractivity (Wildman–Crippen MR) is 131 cm³/mol. The first-order valence-electron chi connectivity index (χ1n) is 13.5. The third-order valence-electron chi connectivity index (χ3n) is 6.22. The van der Waals surface area contributed by atoms with Crippen LogP contribution < -0.4 is 0 Å². The van der Waals surface area contributed by atoms with Gasteiger partial charge in [-0.1, -0.05) is 136 Å². The van der Waals surface area contributed by atoms with Crippen LogP contribution in [-0.2, 0) is 4.79 Å². The first-order chi connectivity index (χ1) is 14.3. The average molecular weight is 410 g/mol. The molecule has 174 valence electrons. The van der Waals surface area contributed by atoms with Gasteiger partial charge in [0.25, 0.3) is 0 Å². The maximum atomic E-state index is 12.2. The van der Waals surface area contributed by atoms with Crippen LogP contribution in [0.4, 0.5) is 0 Å². The van der Waals surface area contributed by atoms with Gasteiger partial charge in [-0.15, -0.1) is 0 Å². The van der Waals surface area contributed by atoms with Crippen LogP contribution in [0.15, 0.2) is 0 Å². The van der Waals surface area contributed by atoms with E-state index in [1.54, 1.807) is 0 Å². The lowest BCUT2D eigenvalue weighted by Gasteiger charge is -2.22. The Balaban J connectivity index is 3.59. The van der Waals surface area contributed by atoms with E-state index in [1.165, 1.54) is 128 Å².